The Morgan fingerprint density at radius 2 is 1.85 bits per heavy atom. The van der Waals surface area contributed by atoms with Crippen LogP contribution in [0.15, 0.2) is 47.3 Å². The fourth-order valence-electron chi connectivity index (χ4n) is 2.01. The summed E-state index contributed by atoms with van der Waals surface area (Å²) in [4.78, 5) is 16.5. The van der Waals surface area contributed by atoms with E-state index in [0.29, 0.717) is 10.5 Å². The van der Waals surface area contributed by atoms with Crippen molar-refractivity contribution in [1.29, 1.82) is 0 Å². The Morgan fingerprint density at radius 3 is 2.65 bits per heavy atom. The molecule has 3 aromatic rings. The first kappa shape index (κ1) is 12.8. The van der Waals surface area contributed by atoms with Gasteiger partial charge in [-0.15, -0.1) is 0 Å². The summed E-state index contributed by atoms with van der Waals surface area (Å²) in [6.07, 6.45) is 0. The number of benzene rings is 2. The van der Waals surface area contributed by atoms with E-state index >= 15 is 0 Å². The predicted molar refractivity (Wildman–Crippen MR) is 85.1 cm³/mol. The Kier molecular flexibility index (Phi) is 3.24. The minimum atomic E-state index is 0.0296. The van der Waals surface area contributed by atoms with Crippen molar-refractivity contribution in [2.75, 3.05) is 5.32 Å². The minimum absolute atomic E-state index is 0.0296. The highest BCUT2D eigenvalue weighted by Crippen LogP contribution is 2.21. The molecule has 3 nitrogen and oxygen atoms in total. The smallest absolute Gasteiger partial charge is 0.245 e. The first-order chi connectivity index (χ1) is 9.63. The van der Waals surface area contributed by atoms with Gasteiger partial charge in [-0.2, -0.15) is 0 Å². The van der Waals surface area contributed by atoms with E-state index in [1.165, 1.54) is 11.1 Å². The van der Waals surface area contributed by atoms with E-state index < -0.39 is 0 Å². The molecule has 0 spiro atoms. The summed E-state index contributed by atoms with van der Waals surface area (Å²) < 4.78 is 0.0296. The van der Waals surface area contributed by atoms with Crippen molar-refractivity contribution in [3.05, 3.63) is 63.1 Å². The van der Waals surface area contributed by atoms with E-state index in [1.54, 1.807) is 6.07 Å². The number of nitrogens with zero attached hydrogens (tertiary/aromatic N) is 1. The average molecular weight is 282 g/mol. The lowest BCUT2D eigenvalue weighted by Crippen LogP contribution is -2.01. The molecular formula is C16H14N2OS. The SMILES string of the molecule is Cc1ccc(Nc2nc3ccccc3c(=O)s2)cc1C. The number of aryl methyl sites for hydroxylation is 2. The number of rotatable bonds is 2. The molecule has 100 valence electrons. The quantitative estimate of drug-likeness (QED) is 0.772. The second kappa shape index (κ2) is 5.06. The maximum atomic E-state index is 12.0. The van der Waals surface area contributed by atoms with Crippen molar-refractivity contribution >= 4 is 33.1 Å². The lowest BCUT2D eigenvalue weighted by molar-refractivity contribution is 1.33. The molecule has 2 aromatic carbocycles. The Bertz CT molecular complexity index is 839. The number of nitrogens with one attached hydrogen (secondary N) is 1. The van der Waals surface area contributed by atoms with E-state index in [1.807, 2.05) is 24.3 Å². The molecule has 0 bridgehead atoms. The molecule has 0 saturated heterocycles. The minimum Gasteiger partial charge on any atom is -0.331 e. The molecule has 1 N–H and O–H groups in total. The molecule has 0 unspecified atom stereocenters. The summed E-state index contributed by atoms with van der Waals surface area (Å²) in [5.74, 6) is 0. The molecule has 0 amide bonds. The predicted octanol–water partition coefficient (Wildman–Crippen LogP) is 4.02. The lowest BCUT2D eigenvalue weighted by Gasteiger charge is -2.07. The Morgan fingerprint density at radius 1 is 1.05 bits per heavy atom. The van der Waals surface area contributed by atoms with Crippen LogP contribution in [-0.4, -0.2) is 4.98 Å². The summed E-state index contributed by atoms with van der Waals surface area (Å²) in [5.41, 5.74) is 4.13. The van der Waals surface area contributed by atoms with Gasteiger partial charge in [-0.05, 0) is 49.2 Å². The van der Waals surface area contributed by atoms with Crippen LogP contribution in [0.25, 0.3) is 10.9 Å². The number of hydrogen-bond acceptors (Lipinski definition) is 4. The fourth-order valence-corrected chi connectivity index (χ4v) is 2.79. The third-order valence-electron chi connectivity index (χ3n) is 3.29. The van der Waals surface area contributed by atoms with Crippen molar-refractivity contribution in [3.8, 4) is 0 Å². The molecule has 0 radical (unpaired) electrons. The molecule has 0 fully saturated rings. The number of hydrogen-bond donors (Lipinski definition) is 1. The summed E-state index contributed by atoms with van der Waals surface area (Å²) in [6.45, 7) is 4.14. The maximum absolute atomic E-state index is 12.0. The van der Waals surface area contributed by atoms with Crippen LogP contribution in [0.5, 0.6) is 0 Å². The van der Waals surface area contributed by atoms with Gasteiger partial charge in [0.25, 0.3) is 0 Å². The number of anilines is 2. The van der Waals surface area contributed by atoms with E-state index in [4.69, 9.17) is 0 Å². The van der Waals surface area contributed by atoms with Crippen LogP contribution in [-0.2, 0) is 0 Å². The highest BCUT2D eigenvalue weighted by Gasteiger charge is 2.04. The van der Waals surface area contributed by atoms with Gasteiger partial charge in [0, 0.05) is 5.69 Å². The van der Waals surface area contributed by atoms with E-state index in [2.05, 4.69) is 36.3 Å². The topological polar surface area (TPSA) is 42.0 Å². The summed E-state index contributed by atoms with van der Waals surface area (Å²) in [5, 5.41) is 4.50. The maximum Gasteiger partial charge on any atom is 0.245 e. The zero-order chi connectivity index (χ0) is 14.1. The molecule has 0 aliphatic heterocycles. The van der Waals surface area contributed by atoms with Crippen molar-refractivity contribution in [2.24, 2.45) is 0 Å². The second-order valence-corrected chi connectivity index (χ2v) is 5.71. The van der Waals surface area contributed by atoms with Crippen LogP contribution in [0.3, 0.4) is 0 Å². The largest absolute Gasteiger partial charge is 0.331 e. The number of aromatic nitrogens is 1. The standard InChI is InChI=1S/C16H14N2OS/c1-10-7-8-12(9-11(10)2)17-16-18-14-6-4-3-5-13(14)15(19)20-16/h3-9H,1-2H3,(H,17,18). The normalized spacial score (nSPS) is 10.7. The van der Waals surface area contributed by atoms with Crippen molar-refractivity contribution < 1.29 is 0 Å². The van der Waals surface area contributed by atoms with Crippen LogP contribution >= 0.6 is 11.3 Å². The third kappa shape index (κ3) is 2.42. The molecule has 3 rings (SSSR count). The molecule has 1 heterocycles. The van der Waals surface area contributed by atoms with Crippen LogP contribution in [0.4, 0.5) is 10.8 Å². The zero-order valence-electron chi connectivity index (χ0n) is 11.3. The molecule has 20 heavy (non-hydrogen) atoms. The first-order valence-electron chi connectivity index (χ1n) is 6.37. The van der Waals surface area contributed by atoms with E-state index in [9.17, 15) is 4.79 Å². The van der Waals surface area contributed by atoms with Crippen LogP contribution in [0.1, 0.15) is 11.1 Å². The fraction of sp³-hybridized carbons (Fsp3) is 0.125. The monoisotopic (exact) mass is 282 g/mol. The van der Waals surface area contributed by atoms with Gasteiger partial charge >= 0.3 is 0 Å². The van der Waals surface area contributed by atoms with Gasteiger partial charge in [-0.1, -0.05) is 29.5 Å². The summed E-state index contributed by atoms with van der Waals surface area (Å²) in [7, 11) is 0. The van der Waals surface area contributed by atoms with Crippen molar-refractivity contribution in [3.63, 3.8) is 0 Å². The highest BCUT2D eigenvalue weighted by molar-refractivity contribution is 7.13. The molecule has 0 atom stereocenters. The van der Waals surface area contributed by atoms with Crippen molar-refractivity contribution in [2.45, 2.75) is 13.8 Å². The summed E-state index contributed by atoms with van der Waals surface area (Å²) >= 11 is 1.13. The van der Waals surface area contributed by atoms with Crippen LogP contribution in [0.2, 0.25) is 0 Å². The second-order valence-electron chi connectivity index (χ2n) is 4.75. The Balaban J connectivity index is 2.02. The van der Waals surface area contributed by atoms with E-state index in [-0.39, 0.29) is 4.74 Å². The van der Waals surface area contributed by atoms with Crippen molar-refractivity contribution in [1.82, 2.24) is 4.98 Å². The molecule has 1 aromatic heterocycles. The van der Waals surface area contributed by atoms with E-state index in [0.717, 1.165) is 22.5 Å². The molecular weight excluding hydrogens is 268 g/mol. The van der Waals surface area contributed by atoms with Gasteiger partial charge < -0.3 is 5.32 Å². The van der Waals surface area contributed by atoms with Crippen LogP contribution < -0.4 is 10.1 Å². The molecule has 0 saturated carbocycles. The molecule has 4 heteroatoms. The van der Waals surface area contributed by atoms with Gasteiger partial charge in [-0.25, -0.2) is 4.98 Å². The third-order valence-corrected chi connectivity index (χ3v) is 4.09. The first-order valence-corrected chi connectivity index (χ1v) is 7.19. The molecule has 0 aliphatic carbocycles. The van der Waals surface area contributed by atoms with Gasteiger partial charge in [0.15, 0.2) is 5.13 Å². The Labute approximate surface area is 120 Å². The molecule has 0 aliphatic rings. The van der Waals surface area contributed by atoms with Crippen LogP contribution in [0, 0.1) is 13.8 Å². The average Bonchev–Trinajstić information content (AvgIpc) is 2.43. The van der Waals surface area contributed by atoms with Gasteiger partial charge in [0.2, 0.25) is 4.74 Å². The number of para-hydroxylation sites is 1. The lowest BCUT2D eigenvalue weighted by atomic mass is 10.1. The summed E-state index contributed by atoms with van der Waals surface area (Å²) in [6, 6.07) is 13.5. The number of fused-ring (bicyclic) bond motifs is 1. The van der Waals surface area contributed by atoms with Gasteiger partial charge in [0.05, 0.1) is 10.9 Å². The van der Waals surface area contributed by atoms with Gasteiger partial charge in [0.1, 0.15) is 0 Å². The highest BCUT2D eigenvalue weighted by atomic mass is 32.1. The zero-order valence-corrected chi connectivity index (χ0v) is 12.1. The Hall–Kier alpha value is -2.20. The van der Waals surface area contributed by atoms with Gasteiger partial charge in [-0.3, -0.25) is 4.79 Å².